The first kappa shape index (κ1) is 23.9. The van der Waals surface area contributed by atoms with Crippen LogP contribution in [0.4, 0.5) is 0 Å². The van der Waals surface area contributed by atoms with Crippen molar-refractivity contribution in [3.63, 3.8) is 0 Å². The van der Waals surface area contributed by atoms with Gasteiger partial charge < -0.3 is 9.84 Å². The summed E-state index contributed by atoms with van der Waals surface area (Å²) in [6, 6.07) is 0. The Morgan fingerprint density at radius 3 is 1.38 bits per heavy atom. The summed E-state index contributed by atoms with van der Waals surface area (Å²) in [6.45, 7) is 5.03. The highest BCUT2D eigenvalue weighted by atomic mass is 16.5. The quantitative estimate of drug-likeness (QED) is 0.240. The highest BCUT2D eigenvalue weighted by Crippen LogP contribution is 2.14. The van der Waals surface area contributed by atoms with E-state index in [1.807, 2.05) is 0 Å². The molecule has 0 spiro atoms. The summed E-state index contributed by atoms with van der Waals surface area (Å²) in [4.78, 5) is 0. The van der Waals surface area contributed by atoms with Gasteiger partial charge in [-0.25, -0.2) is 0 Å². The summed E-state index contributed by atoms with van der Waals surface area (Å²) >= 11 is 0. The molecule has 0 saturated heterocycles. The maximum Gasteiger partial charge on any atom is 0.0701 e. The molecule has 0 aromatic rings. The van der Waals surface area contributed by atoms with E-state index in [1.54, 1.807) is 0 Å². The number of aliphatic hydroxyl groups excluding tert-OH is 1. The van der Waals surface area contributed by atoms with Gasteiger partial charge in [0.25, 0.3) is 0 Å². The van der Waals surface area contributed by atoms with Crippen LogP contribution in [-0.2, 0) is 4.74 Å². The normalized spacial score (nSPS) is 12.6. The molecule has 0 aromatic heterocycles. The highest BCUT2D eigenvalue weighted by Gasteiger charge is 2.01. The van der Waals surface area contributed by atoms with Crippen molar-refractivity contribution in [1.29, 1.82) is 0 Å². The molecule has 0 aliphatic carbocycles. The first-order chi connectivity index (χ1) is 11.8. The lowest BCUT2D eigenvalue weighted by Crippen LogP contribution is -2.11. The molecule has 0 aromatic carbocycles. The van der Waals surface area contributed by atoms with E-state index in [0.717, 1.165) is 6.42 Å². The van der Waals surface area contributed by atoms with Crippen LogP contribution in [0.3, 0.4) is 0 Å². The van der Waals surface area contributed by atoms with Crippen molar-refractivity contribution >= 4 is 0 Å². The van der Waals surface area contributed by atoms with Crippen molar-refractivity contribution in [2.45, 2.75) is 129 Å². The summed E-state index contributed by atoms with van der Waals surface area (Å²) in [5.74, 6) is 0. The lowest BCUT2D eigenvalue weighted by molar-refractivity contribution is 0.0333. The van der Waals surface area contributed by atoms with Gasteiger partial charge in [0.15, 0.2) is 0 Å². The second kappa shape index (κ2) is 21.0. The van der Waals surface area contributed by atoms with Crippen molar-refractivity contribution in [2.24, 2.45) is 0 Å². The van der Waals surface area contributed by atoms with Gasteiger partial charge in [-0.05, 0) is 13.3 Å². The monoisotopic (exact) mass is 342 g/mol. The zero-order chi connectivity index (χ0) is 17.7. The number of unbranched alkanes of at least 4 members (excludes halogenated alkanes) is 15. The molecule has 0 amide bonds. The van der Waals surface area contributed by atoms with Crippen LogP contribution in [0.2, 0.25) is 0 Å². The van der Waals surface area contributed by atoms with Crippen LogP contribution in [-0.4, -0.2) is 24.4 Å². The molecule has 2 nitrogen and oxygen atoms in total. The molecule has 0 saturated carbocycles. The molecule has 0 rings (SSSR count). The summed E-state index contributed by atoms with van der Waals surface area (Å²) in [5.41, 5.74) is 0. The van der Waals surface area contributed by atoms with Gasteiger partial charge in [-0.3, -0.25) is 0 Å². The van der Waals surface area contributed by atoms with E-state index in [4.69, 9.17) is 9.84 Å². The van der Waals surface area contributed by atoms with Crippen molar-refractivity contribution in [2.75, 3.05) is 13.2 Å². The Bertz CT molecular complexity index is 218. The Balaban J connectivity index is 3.02. The van der Waals surface area contributed by atoms with Crippen LogP contribution in [0.25, 0.3) is 0 Å². The molecule has 2 heteroatoms. The van der Waals surface area contributed by atoms with E-state index < -0.39 is 0 Å². The summed E-state index contributed by atoms with van der Waals surface area (Å²) in [7, 11) is 0. The van der Waals surface area contributed by atoms with Crippen LogP contribution in [0.5, 0.6) is 0 Å². The number of hydrogen-bond acceptors (Lipinski definition) is 2. The van der Waals surface area contributed by atoms with E-state index in [0.29, 0.717) is 12.7 Å². The predicted octanol–water partition coefficient (Wildman–Crippen LogP) is 7.04. The van der Waals surface area contributed by atoms with Crippen LogP contribution >= 0.6 is 0 Å². The summed E-state index contributed by atoms with van der Waals surface area (Å²) < 4.78 is 5.47. The third-order valence-electron chi connectivity index (χ3n) is 4.96. The fourth-order valence-electron chi connectivity index (χ4n) is 3.32. The lowest BCUT2D eigenvalue weighted by atomic mass is 10.0. The number of rotatable bonds is 20. The van der Waals surface area contributed by atoms with E-state index in [-0.39, 0.29) is 6.61 Å². The van der Waals surface area contributed by atoms with Gasteiger partial charge in [0.2, 0.25) is 0 Å². The Labute approximate surface area is 152 Å². The van der Waals surface area contributed by atoms with Gasteiger partial charge in [-0.15, -0.1) is 0 Å². The molecule has 1 atom stereocenters. The standard InChI is InChI=1S/C22H46O2/c1-3-4-5-6-7-8-9-10-11-12-13-14-15-16-17-18-19-22(2)24-21-20-23/h22-23H,3-21H2,1-2H3. The van der Waals surface area contributed by atoms with Crippen molar-refractivity contribution in [1.82, 2.24) is 0 Å². The Morgan fingerprint density at radius 1 is 0.625 bits per heavy atom. The Kier molecular flexibility index (Phi) is 20.9. The van der Waals surface area contributed by atoms with Gasteiger partial charge in [-0.1, -0.05) is 110 Å². The molecule has 1 N–H and O–H groups in total. The number of aliphatic hydroxyl groups is 1. The molecule has 0 heterocycles. The molecular weight excluding hydrogens is 296 g/mol. The fraction of sp³-hybridized carbons (Fsp3) is 1.00. The largest absolute Gasteiger partial charge is 0.394 e. The van der Waals surface area contributed by atoms with E-state index in [1.165, 1.54) is 103 Å². The van der Waals surface area contributed by atoms with Crippen LogP contribution < -0.4 is 0 Å². The predicted molar refractivity (Wildman–Crippen MR) is 107 cm³/mol. The molecular formula is C22H46O2. The highest BCUT2D eigenvalue weighted by molar-refractivity contribution is 4.53. The molecule has 146 valence electrons. The topological polar surface area (TPSA) is 29.5 Å². The van der Waals surface area contributed by atoms with E-state index >= 15 is 0 Å². The first-order valence-electron chi connectivity index (χ1n) is 11.0. The minimum absolute atomic E-state index is 0.142. The molecule has 0 radical (unpaired) electrons. The van der Waals surface area contributed by atoms with Gasteiger partial charge in [0.05, 0.1) is 19.3 Å². The average Bonchev–Trinajstić information content (AvgIpc) is 2.59. The van der Waals surface area contributed by atoms with Crippen molar-refractivity contribution in [3.8, 4) is 0 Å². The number of ether oxygens (including phenoxy) is 1. The van der Waals surface area contributed by atoms with Gasteiger partial charge in [0.1, 0.15) is 0 Å². The van der Waals surface area contributed by atoms with Crippen molar-refractivity contribution < 1.29 is 9.84 Å². The maximum atomic E-state index is 8.70. The van der Waals surface area contributed by atoms with E-state index in [2.05, 4.69) is 13.8 Å². The SMILES string of the molecule is CCCCCCCCCCCCCCCCCCC(C)OCCO. The summed E-state index contributed by atoms with van der Waals surface area (Å²) in [6.07, 6.45) is 24.1. The molecule has 24 heavy (non-hydrogen) atoms. The average molecular weight is 343 g/mol. The van der Waals surface area contributed by atoms with Crippen LogP contribution in [0.1, 0.15) is 123 Å². The lowest BCUT2D eigenvalue weighted by Gasteiger charge is -2.11. The van der Waals surface area contributed by atoms with Crippen LogP contribution in [0, 0.1) is 0 Å². The molecule has 0 fully saturated rings. The second-order valence-electron chi connectivity index (χ2n) is 7.50. The van der Waals surface area contributed by atoms with Gasteiger partial charge in [0, 0.05) is 0 Å². The molecule has 0 bridgehead atoms. The third-order valence-corrected chi connectivity index (χ3v) is 4.96. The zero-order valence-electron chi connectivity index (χ0n) is 16.9. The molecule has 0 aliphatic heterocycles. The molecule has 1 unspecified atom stereocenters. The van der Waals surface area contributed by atoms with Gasteiger partial charge >= 0.3 is 0 Å². The van der Waals surface area contributed by atoms with E-state index in [9.17, 15) is 0 Å². The maximum absolute atomic E-state index is 8.70. The first-order valence-corrected chi connectivity index (χ1v) is 11.0. The Morgan fingerprint density at radius 2 is 1.00 bits per heavy atom. The smallest absolute Gasteiger partial charge is 0.0701 e. The van der Waals surface area contributed by atoms with Gasteiger partial charge in [-0.2, -0.15) is 0 Å². The molecule has 0 aliphatic rings. The number of hydrogen-bond donors (Lipinski definition) is 1. The summed E-state index contributed by atoms with van der Waals surface area (Å²) in [5, 5.41) is 8.70. The van der Waals surface area contributed by atoms with Crippen molar-refractivity contribution in [3.05, 3.63) is 0 Å². The zero-order valence-corrected chi connectivity index (χ0v) is 16.9. The minimum atomic E-state index is 0.142. The van der Waals surface area contributed by atoms with Crippen LogP contribution in [0.15, 0.2) is 0 Å². The Hall–Kier alpha value is -0.0800. The third kappa shape index (κ3) is 20.0. The fourth-order valence-corrected chi connectivity index (χ4v) is 3.32. The minimum Gasteiger partial charge on any atom is -0.394 e. The second-order valence-corrected chi connectivity index (χ2v) is 7.50.